The Morgan fingerprint density at radius 3 is 2.50 bits per heavy atom. The molecule has 1 N–H and O–H groups in total. The Hall–Kier alpha value is -1.25. The summed E-state index contributed by atoms with van der Waals surface area (Å²) < 4.78 is 1.93. The van der Waals surface area contributed by atoms with Crippen LogP contribution in [0.3, 0.4) is 0 Å². The predicted octanol–water partition coefficient (Wildman–Crippen LogP) is 2.95. The first-order chi connectivity index (χ1) is 7.65. The van der Waals surface area contributed by atoms with Gasteiger partial charge in [0.1, 0.15) is 0 Å². The van der Waals surface area contributed by atoms with Gasteiger partial charge in [0.15, 0.2) is 0 Å². The summed E-state index contributed by atoms with van der Waals surface area (Å²) in [6, 6.07) is 9.49. The first-order valence-electron chi connectivity index (χ1n) is 5.19. The van der Waals surface area contributed by atoms with Crippen LogP contribution >= 0.6 is 11.6 Å². The number of aryl methyl sites for hydroxylation is 1. The smallest absolute Gasteiger partial charge is 0.0844 e. The minimum absolute atomic E-state index is 0.456. The Kier molecular flexibility index (Phi) is 3.32. The van der Waals surface area contributed by atoms with Gasteiger partial charge in [0.25, 0.3) is 0 Å². The average molecular weight is 236 g/mol. The molecular formula is C13H14ClNO. The third kappa shape index (κ3) is 2.65. The fraction of sp³-hybridized carbons (Fsp3) is 0.231. The Morgan fingerprint density at radius 1 is 1.25 bits per heavy atom. The van der Waals surface area contributed by atoms with Crippen LogP contribution in [0.15, 0.2) is 42.7 Å². The Labute approximate surface area is 100 Å². The molecule has 1 aromatic carbocycles. The van der Waals surface area contributed by atoms with Gasteiger partial charge in [0, 0.05) is 30.9 Å². The molecular weight excluding hydrogens is 222 g/mol. The largest absolute Gasteiger partial charge is 0.388 e. The van der Waals surface area contributed by atoms with E-state index in [2.05, 4.69) is 0 Å². The van der Waals surface area contributed by atoms with Crippen molar-refractivity contribution in [2.75, 3.05) is 0 Å². The molecule has 2 rings (SSSR count). The second kappa shape index (κ2) is 4.73. The van der Waals surface area contributed by atoms with E-state index < -0.39 is 6.10 Å². The van der Waals surface area contributed by atoms with Crippen LogP contribution in [0, 0.1) is 0 Å². The van der Waals surface area contributed by atoms with Gasteiger partial charge in [0.2, 0.25) is 0 Å². The van der Waals surface area contributed by atoms with Gasteiger partial charge >= 0.3 is 0 Å². The highest BCUT2D eigenvalue weighted by molar-refractivity contribution is 6.30. The van der Waals surface area contributed by atoms with Crippen LogP contribution in [0.4, 0.5) is 0 Å². The van der Waals surface area contributed by atoms with Crippen molar-refractivity contribution in [1.29, 1.82) is 0 Å². The summed E-state index contributed by atoms with van der Waals surface area (Å²) in [5.74, 6) is 0. The molecule has 0 aliphatic carbocycles. The number of aliphatic hydroxyl groups is 1. The summed E-state index contributed by atoms with van der Waals surface area (Å²) in [7, 11) is 1.94. The van der Waals surface area contributed by atoms with E-state index in [1.807, 2.05) is 54.3 Å². The lowest BCUT2D eigenvalue weighted by Crippen LogP contribution is -2.00. The van der Waals surface area contributed by atoms with Crippen molar-refractivity contribution in [3.63, 3.8) is 0 Å². The zero-order valence-corrected chi connectivity index (χ0v) is 9.85. The number of hydrogen-bond donors (Lipinski definition) is 1. The van der Waals surface area contributed by atoms with Crippen LogP contribution in [-0.2, 0) is 13.5 Å². The summed E-state index contributed by atoms with van der Waals surface area (Å²) in [5.41, 5.74) is 2.03. The molecule has 1 atom stereocenters. The molecule has 1 aromatic heterocycles. The number of aliphatic hydroxyl groups excluding tert-OH is 1. The Morgan fingerprint density at radius 2 is 1.94 bits per heavy atom. The van der Waals surface area contributed by atoms with Gasteiger partial charge < -0.3 is 9.67 Å². The minimum atomic E-state index is -0.456. The van der Waals surface area contributed by atoms with E-state index >= 15 is 0 Å². The van der Waals surface area contributed by atoms with Gasteiger partial charge in [-0.2, -0.15) is 0 Å². The van der Waals surface area contributed by atoms with Gasteiger partial charge in [0.05, 0.1) is 6.10 Å². The number of aromatic nitrogens is 1. The fourth-order valence-electron chi connectivity index (χ4n) is 1.68. The van der Waals surface area contributed by atoms with Gasteiger partial charge in [-0.15, -0.1) is 0 Å². The maximum absolute atomic E-state index is 10.0. The van der Waals surface area contributed by atoms with Crippen LogP contribution in [0.25, 0.3) is 0 Å². The van der Waals surface area contributed by atoms with Crippen molar-refractivity contribution >= 4 is 11.6 Å². The molecule has 1 heterocycles. The molecule has 0 spiro atoms. The van der Waals surface area contributed by atoms with Crippen molar-refractivity contribution in [3.05, 3.63) is 58.9 Å². The Balaban J connectivity index is 2.07. The first-order valence-corrected chi connectivity index (χ1v) is 5.57. The molecule has 0 amide bonds. The van der Waals surface area contributed by atoms with E-state index in [1.54, 1.807) is 0 Å². The maximum Gasteiger partial charge on any atom is 0.0844 e. The SMILES string of the molecule is Cn1ccc(C(O)Cc2ccc(Cl)cc2)c1. The molecule has 0 saturated heterocycles. The van der Waals surface area contributed by atoms with Crippen molar-refractivity contribution < 1.29 is 5.11 Å². The molecule has 16 heavy (non-hydrogen) atoms. The molecule has 2 nitrogen and oxygen atoms in total. The third-order valence-corrected chi connectivity index (χ3v) is 2.83. The molecule has 0 aliphatic heterocycles. The topological polar surface area (TPSA) is 25.2 Å². The van der Waals surface area contributed by atoms with Crippen LogP contribution in [0.2, 0.25) is 5.02 Å². The van der Waals surface area contributed by atoms with Crippen LogP contribution in [0.1, 0.15) is 17.2 Å². The number of hydrogen-bond acceptors (Lipinski definition) is 1. The minimum Gasteiger partial charge on any atom is -0.388 e. The summed E-state index contributed by atoms with van der Waals surface area (Å²) >= 11 is 5.80. The first kappa shape index (κ1) is 11.2. The van der Waals surface area contributed by atoms with E-state index in [9.17, 15) is 5.11 Å². The predicted molar refractivity (Wildman–Crippen MR) is 65.5 cm³/mol. The molecule has 0 radical (unpaired) electrons. The number of nitrogens with zero attached hydrogens (tertiary/aromatic N) is 1. The maximum atomic E-state index is 10.0. The summed E-state index contributed by atoms with van der Waals surface area (Å²) in [6.07, 6.45) is 4.02. The van der Waals surface area contributed by atoms with E-state index in [0.29, 0.717) is 6.42 Å². The van der Waals surface area contributed by atoms with E-state index in [4.69, 9.17) is 11.6 Å². The second-order valence-corrected chi connectivity index (χ2v) is 4.39. The standard InChI is InChI=1S/C13H14ClNO/c1-15-7-6-11(9-15)13(16)8-10-2-4-12(14)5-3-10/h2-7,9,13,16H,8H2,1H3. The van der Waals surface area contributed by atoms with Crippen molar-refractivity contribution in [3.8, 4) is 0 Å². The van der Waals surface area contributed by atoms with E-state index in [1.165, 1.54) is 0 Å². The zero-order chi connectivity index (χ0) is 11.5. The molecule has 0 bridgehead atoms. The highest BCUT2D eigenvalue weighted by Crippen LogP contribution is 2.19. The van der Waals surface area contributed by atoms with Crippen molar-refractivity contribution in [2.24, 2.45) is 7.05 Å². The van der Waals surface area contributed by atoms with Gasteiger partial charge in [-0.3, -0.25) is 0 Å². The van der Waals surface area contributed by atoms with Crippen LogP contribution < -0.4 is 0 Å². The summed E-state index contributed by atoms with van der Waals surface area (Å²) in [6.45, 7) is 0. The number of benzene rings is 1. The van der Waals surface area contributed by atoms with Crippen LogP contribution in [-0.4, -0.2) is 9.67 Å². The average Bonchev–Trinajstić information content (AvgIpc) is 2.68. The molecule has 0 aliphatic rings. The Bertz CT molecular complexity index is 461. The number of halogens is 1. The zero-order valence-electron chi connectivity index (χ0n) is 9.10. The lowest BCUT2D eigenvalue weighted by atomic mass is 10.0. The fourth-order valence-corrected chi connectivity index (χ4v) is 1.81. The molecule has 1 unspecified atom stereocenters. The highest BCUT2D eigenvalue weighted by Gasteiger charge is 2.09. The molecule has 0 saturated carbocycles. The molecule has 3 heteroatoms. The summed E-state index contributed by atoms with van der Waals surface area (Å²) in [5, 5.41) is 10.7. The van der Waals surface area contributed by atoms with E-state index in [-0.39, 0.29) is 0 Å². The molecule has 0 fully saturated rings. The summed E-state index contributed by atoms with van der Waals surface area (Å²) in [4.78, 5) is 0. The van der Waals surface area contributed by atoms with Crippen LogP contribution in [0.5, 0.6) is 0 Å². The van der Waals surface area contributed by atoms with Gasteiger partial charge in [-0.1, -0.05) is 23.7 Å². The lowest BCUT2D eigenvalue weighted by molar-refractivity contribution is 0.178. The van der Waals surface area contributed by atoms with Crippen molar-refractivity contribution in [1.82, 2.24) is 4.57 Å². The van der Waals surface area contributed by atoms with Gasteiger partial charge in [-0.05, 0) is 29.3 Å². The second-order valence-electron chi connectivity index (χ2n) is 3.96. The molecule has 84 valence electrons. The number of rotatable bonds is 3. The van der Waals surface area contributed by atoms with Gasteiger partial charge in [-0.25, -0.2) is 0 Å². The quantitative estimate of drug-likeness (QED) is 0.870. The van der Waals surface area contributed by atoms with E-state index in [0.717, 1.165) is 16.1 Å². The highest BCUT2D eigenvalue weighted by atomic mass is 35.5. The third-order valence-electron chi connectivity index (χ3n) is 2.58. The lowest BCUT2D eigenvalue weighted by Gasteiger charge is -2.08. The normalized spacial score (nSPS) is 12.7. The van der Waals surface area contributed by atoms with Crippen molar-refractivity contribution in [2.45, 2.75) is 12.5 Å². The molecule has 2 aromatic rings. The monoisotopic (exact) mass is 235 g/mol.